The third-order valence-corrected chi connectivity index (χ3v) is 11.2. The monoisotopic (exact) mass is 747 g/mol. The number of allylic oxidation sites excluding steroid dienone is 16. The van der Waals surface area contributed by atoms with E-state index >= 15 is 0 Å². The van der Waals surface area contributed by atoms with Gasteiger partial charge in [0.05, 0.1) is 0 Å². The van der Waals surface area contributed by atoms with Gasteiger partial charge >= 0.3 is 0 Å². The lowest BCUT2D eigenvalue weighted by molar-refractivity contribution is 0.654. The van der Waals surface area contributed by atoms with Crippen LogP contribution in [0.4, 0.5) is 0 Å². The zero-order valence-corrected chi connectivity index (χ0v) is 36.0. The zero-order chi connectivity index (χ0) is 40.3. The molecule has 0 heteroatoms. The van der Waals surface area contributed by atoms with Crippen molar-refractivity contribution in [2.24, 2.45) is 17.8 Å². The number of hydrogen-bond donors (Lipinski definition) is 0. The summed E-state index contributed by atoms with van der Waals surface area (Å²) in [6.07, 6.45) is 26.5. The summed E-state index contributed by atoms with van der Waals surface area (Å²) in [6.45, 7) is 28.4. The Morgan fingerprint density at radius 1 is 0.857 bits per heavy atom. The highest BCUT2D eigenvalue weighted by Crippen LogP contribution is 2.41. The lowest BCUT2D eigenvalue weighted by Crippen LogP contribution is -2.06. The number of fused-ring (bicyclic) bond motifs is 1. The van der Waals surface area contributed by atoms with Crippen LogP contribution in [0.15, 0.2) is 163 Å². The van der Waals surface area contributed by atoms with Gasteiger partial charge in [-0.05, 0) is 134 Å². The first kappa shape index (κ1) is 47.5. The van der Waals surface area contributed by atoms with Gasteiger partial charge < -0.3 is 0 Å². The molecule has 0 aliphatic heterocycles. The molecule has 3 unspecified atom stereocenters. The van der Waals surface area contributed by atoms with Gasteiger partial charge in [0.1, 0.15) is 0 Å². The maximum Gasteiger partial charge on any atom is 0.00324 e. The maximum atomic E-state index is 3.00. The highest BCUT2D eigenvalue weighted by atomic mass is 14.3. The maximum absolute atomic E-state index is 3.00. The second kappa shape index (κ2) is 24.8. The molecule has 0 N–H and O–H groups in total. The summed E-state index contributed by atoms with van der Waals surface area (Å²) in [6, 6.07) is 28.7. The van der Waals surface area contributed by atoms with Crippen molar-refractivity contribution in [3.8, 4) is 0 Å². The molecule has 2 aliphatic carbocycles. The van der Waals surface area contributed by atoms with Crippen LogP contribution in [0.5, 0.6) is 0 Å². The minimum atomic E-state index is 0. The molecule has 2 aliphatic rings. The third kappa shape index (κ3) is 13.5. The summed E-state index contributed by atoms with van der Waals surface area (Å²) in [5.74, 6) is 2.32. The molecule has 3 aromatic carbocycles. The van der Waals surface area contributed by atoms with Gasteiger partial charge in [0.2, 0.25) is 0 Å². The standard InChI is InChI=1S/C39H50.C14H16.C2H4.CH4/c1-8-33(17-13-14-29(3)4)36-24-26-37(27-25-36)34(9-2)28-39(38-21-18-30(5)19-22-38)23-20-31(6)32(7)35-15-11-10-12-16-35;1-4-7-12-10(2)11(3)13-8-5-6-9-14(12)13;1-2;/h8,10-13,15-18,21-22,24-30,39H,9,14,19-20,23H2,1-7H3;4-9,11H,1-3H3;1-2H2;1H4/b17-13-,32-31+,33-8+,34-28+;7-4-;;. The van der Waals surface area contributed by atoms with Crippen molar-refractivity contribution in [1.29, 1.82) is 0 Å². The topological polar surface area (TPSA) is 0 Å². The minimum absolute atomic E-state index is 0. The van der Waals surface area contributed by atoms with E-state index in [1.54, 1.807) is 0 Å². The van der Waals surface area contributed by atoms with Crippen LogP contribution in [0.1, 0.15) is 143 Å². The van der Waals surface area contributed by atoms with Crippen molar-refractivity contribution in [3.63, 3.8) is 0 Å². The van der Waals surface area contributed by atoms with E-state index < -0.39 is 0 Å². The summed E-state index contributed by atoms with van der Waals surface area (Å²) in [5.41, 5.74) is 16.9. The van der Waals surface area contributed by atoms with E-state index in [0.717, 1.165) is 32.1 Å². The number of benzene rings is 3. The molecule has 0 bridgehead atoms. The SMILES string of the molecule is C.C/C=C(\C=C/CC(C)C)c1ccc(/C(=C/C(CC/C(C)=C(\C)c2ccccc2)C2=CCC(C)C=C2)CC)cc1.C/C=C\C1=C(C)C(C)c2ccccc21.C=C. The number of rotatable bonds is 13. The zero-order valence-electron chi connectivity index (χ0n) is 36.0. The lowest BCUT2D eigenvalue weighted by Gasteiger charge is -2.21. The number of hydrogen-bond acceptors (Lipinski definition) is 0. The predicted molar refractivity (Wildman–Crippen MR) is 256 cm³/mol. The van der Waals surface area contributed by atoms with E-state index in [-0.39, 0.29) is 7.43 Å². The van der Waals surface area contributed by atoms with E-state index in [9.17, 15) is 0 Å². The second-order valence-corrected chi connectivity index (χ2v) is 15.5. The third-order valence-electron chi connectivity index (χ3n) is 11.2. The van der Waals surface area contributed by atoms with Crippen LogP contribution in [-0.4, -0.2) is 0 Å². The van der Waals surface area contributed by atoms with E-state index in [2.05, 4.69) is 216 Å². The summed E-state index contributed by atoms with van der Waals surface area (Å²) in [5, 5.41) is 0. The molecule has 0 nitrogen and oxygen atoms in total. The molecule has 0 saturated carbocycles. The molecular formula is C56H74. The van der Waals surface area contributed by atoms with Crippen LogP contribution < -0.4 is 0 Å². The second-order valence-electron chi connectivity index (χ2n) is 15.5. The van der Waals surface area contributed by atoms with Crippen LogP contribution in [0.2, 0.25) is 0 Å². The van der Waals surface area contributed by atoms with Gasteiger partial charge in [-0.15, -0.1) is 13.2 Å². The Morgan fingerprint density at radius 3 is 2.09 bits per heavy atom. The van der Waals surface area contributed by atoms with Crippen LogP contribution >= 0.6 is 0 Å². The first-order valence-corrected chi connectivity index (χ1v) is 20.7. The Bertz CT molecular complexity index is 1890. The molecule has 0 fully saturated rings. The highest BCUT2D eigenvalue weighted by molar-refractivity contribution is 5.84. The van der Waals surface area contributed by atoms with Crippen LogP contribution in [0.3, 0.4) is 0 Å². The van der Waals surface area contributed by atoms with E-state index in [1.807, 2.05) is 0 Å². The van der Waals surface area contributed by atoms with Crippen molar-refractivity contribution >= 4 is 22.3 Å². The van der Waals surface area contributed by atoms with Gasteiger partial charge in [0, 0.05) is 11.8 Å². The molecule has 0 saturated heterocycles. The molecule has 0 aromatic heterocycles. The van der Waals surface area contributed by atoms with Crippen LogP contribution in [0, 0.1) is 17.8 Å². The lowest BCUT2D eigenvalue weighted by atomic mass is 9.84. The molecule has 0 heterocycles. The molecule has 5 rings (SSSR count). The minimum Gasteiger partial charge on any atom is -0.106 e. The van der Waals surface area contributed by atoms with Crippen molar-refractivity contribution < 1.29 is 0 Å². The fourth-order valence-electron chi connectivity index (χ4n) is 7.41. The molecule has 0 radical (unpaired) electrons. The molecular weight excluding hydrogens is 673 g/mol. The Morgan fingerprint density at radius 2 is 1.50 bits per heavy atom. The quantitative estimate of drug-likeness (QED) is 0.121. The van der Waals surface area contributed by atoms with Gasteiger partial charge in [0.25, 0.3) is 0 Å². The normalized spacial score (nSPS) is 17.7. The van der Waals surface area contributed by atoms with Gasteiger partial charge in [-0.2, -0.15) is 0 Å². The first-order chi connectivity index (χ1) is 26.6. The van der Waals surface area contributed by atoms with E-state index in [1.165, 1.54) is 66.8 Å². The van der Waals surface area contributed by atoms with Crippen molar-refractivity contribution in [3.05, 3.63) is 191 Å². The van der Waals surface area contributed by atoms with E-state index in [0.29, 0.717) is 23.7 Å². The van der Waals surface area contributed by atoms with E-state index in [4.69, 9.17) is 0 Å². The van der Waals surface area contributed by atoms with Crippen molar-refractivity contribution in [1.82, 2.24) is 0 Å². The fraction of sp³-hybridized carbons (Fsp3) is 0.357. The Hall–Kier alpha value is -4.68. The average molecular weight is 747 g/mol. The summed E-state index contributed by atoms with van der Waals surface area (Å²) in [4.78, 5) is 0. The molecule has 298 valence electrons. The van der Waals surface area contributed by atoms with Gasteiger partial charge in [-0.25, -0.2) is 0 Å². The summed E-state index contributed by atoms with van der Waals surface area (Å²) < 4.78 is 0. The smallest absolute Gasteiger partial charge is 0.00324 e. The predicted octanol–water partition coefficient (Wildman–Crippen LogP) is 17.5. The highest BCUT2D eigenvalue weighted by Gasteiger charge is 2.23. The molecule has 0 amide bonds. The molecule has 3 aromatic rings. The van der Waals surface area contributed by atoms with Crippen molar-refractivity contribution in [2.75, 3.05) is 0 Å². The van der Waals surface area contributed by atoms with Gasteiger partial charge in [-0.3, -0.25) is 0 Å². The molecule has 56 heavy (non-hydrogen) atoms. The average Bonchev–Trinajstić information content (AvgIpc) is 3.46. The van der Waals surface area contributed by atoms with Crippen LogP contribution in [-0.2, 0) is 0 Å². The Kier molecular flexibility index (Phi) is 21.0. The summed E-state index contributed by atoms with van der Waals surface area (Å²) >= 11 is 0. The van der Waals surface area contributed by atoms with Crippen molar-refractivity contribution in [2.45, 2.75) is 115 Å². The van der Waals surface area contributed by atoms with Crippen LogP contribution in [0.25, 0.3) is 22.3 Å². The first-order valence-electron chi connectivity index (χ1n) is 20.7. The Balaban J connectivity index is 0.000000530. The molecule has 3 atom stereocenters. The van der Waals surface area contributed by atoms with Gasteiger partial charge in [0.15, 0.2) is 0 Å². The largest absolute Gasteiger partial charge is 0.106 e. The Labute approximate surface area is 344 Å². The van der Waals surface area contributed by atoms with Gasteiger partial charge in [-0.1, -0.05) is 187 Å². The fourth-order valence-corrected chi connectivity index (χ4v) is 7.41. The molecule has 0 spiro atoms. The summed E-state index contributed by atoms with van der Waals surface area (Å²) in [7, 11) is 0.